The van der Waals surface area contributed by atoms with Gasteiger partial charge in [-0.1, -0.05) is 64.2 Å². The van der Waals surface area contributed by atoms with Crippen LogP contribution in [0.5, 0.6) is 0 Å². The first-order valence-corrected chi connectivity index (χ1v) is 27.5. The number of amides is 9. The Hall–Kier alpha value is -4.93. The topological polar surface area (TPSA) is 345 Å². The molecule has 0 aromatic heterocycles. The van der Waals surface area contributed by atoms with Crippen LogP contribution in [0.3, 0.4) is 0 Å². The van der Waals surface area contributed by atoms with Crippen molar-refractivity contribution in [3.63, 3.8) is 0 Å². The first kappa shape index (κ1) is 68.1. The molecule has 0 saturated carbocycles. The van der Waals surface area contributed by atoms with Crippen molar-refractivity contribution < 1.29 is 43.2 Å². The summed E-state index contributed by atoms with van der Waals surface area (Å²) in [5.74, 6) is -2.80. The molecule has 0 aliphatic rings. The molecule has 0 spiro atoms. The van der Waals surface area contributed by atoms with Crippen molar-refractivity contribution in [3.05, 3.63) is 0 Å². The van der Waals surface area contributed by atoms with E-state index in [2.05, 4.69) is 21.3 Å². The van der Waals surface area contributed by atoms with Gasteiger partial charge in [-0.05, 0) is 97.3 Å². The average molecular weight is 1040 g/mol. The van der Waals surface area contributed by atoms with E-state index in [4.69, 9.17) is 28.7 Å². The molecule has 0 aromatic rings. The summed E-state index contributed by atoms with van der Waals surface area (Å²) in [4.78, 5) is 122. The molecule has 0 atom stereocenters. The van der Waals surface area contributed by atoms with Crippen molar-refractivity contribution in [3.8, 4) is 0 Å². The van der Waals surface area contributed by atoms with E-state index in [1.807, 2.05) is 0 Å². The molecule has 0 heterocycles. The zero-order valence-corrected chi connectivity index (χ0v) is 44.8. The first-order valence-electron chi connectivity index (χ1n) is 27.5. The summed E-state index contributed by atoms with van der Waals surface area (Å²) in [7, 11) is 0. The third-order valence-electron chi connectivity index (χ3n) is 12.3. The zero-order valence-electron chi connectivity index (χ0n) is 44.8. The predicted octanol–water partition coefficient (Wildman–Crippen LogP) is 0.858. The number of nitrogens with two attached hydrogens (primary N) is 5. The highest BCUT2D eigenvalue weighted by Gasteiger charge is 2.22. The second-order valence-electron chi connectivity index (χ2n) is 18.7. The highest BCUT2D eigenvalue weighted by Crippen LogP contribution is 2.10. The number of carbonyl (C=O) groups excluding carboxylic acids is 9. The molecule has 22 heteroatoms. The van der Waals surface area contributed by atoms with E-state index in [0.717, 1.165) is 103 Å². The quantitative estimate of drug-likeness (QED) is 0.0383. The summed E-state index contributed by atoms with van der Waals surface area (Å²) >= 11 is 0. The number of nitrogens with one attached hydrogen (secondary N) is 4. The maximum absolute atomic E-state index is 13.4. The van der Waals surface area contributed by atoms with Gasteiger partial charge in [0.05, 0.1) is 26.2 Å². The van der Waals surface area contributed by atoms with Crippen LogP contribution in [-0.4, -0.2) is 177 Å². The number of hydrogen-bond acceptors (Lipinski definition) is 13. The minimum absolute atomic E-state index is 0.00361. The molecule has 0 radical (unpaired) electrons. The third kappa shape index (κ3) is 39.2. The smallest absolute Gasteiger partial charge is 0.239 e. The minimum Gasteiger partial charge on any atom is -0.370 e. The Morgan fingerprint density at radius 1 is 0.315 bits per heavy atom. The van der Waals surface area contributed by atoms with Crippen LogP contribution >= 0.6 is 0 Å². The van der Waals surface area contributed by atoms with Crippen LogP contribution < -0.4 is 49.9 Å². The normalized spacial score (nSPS) is 10.9. The maximum atomic E-state index is 13.4. The van der Waals surface area contributed by atoms with Crippen LogP contribution in [-0.2, 0) is 43.2 Å². The molecule has 0 aliphatic heterocycles. The van der Waals surface area contributed by atoms with Gasteiger partial charge < -0.3 is 69.5 Å². The molecule has 422 valence electrons. The maximum Gasteiger partial charge on any atom is 0.239 e. The van der Waals surface area contributed by atoms with E-state index in [-0.39, 0.29) is 126 Å². The van der Waals surface area contributed by atoms with Gasteiger partial charge in [0, 0.05) is 84.5 Å². The Balaban J connectivity index is 5.48. The van der Waals surface area contributed by atoms with Crippen LogP contribution in [0.15, 0.2) is 0 Å². The fourth-order valence-electron chi connectivity index (χ4n) is 7.89. The fraction of sp³-hybridized carbons (Fsp3) is 0.824. The van der Waals surface area contributed by atoms with Gasteiger partial charge in [-0.25, -0.2) is 0 Å². The highest BCUT2D eigenvalue weighted by molar-refractivity contribution is 5.87. The Bertz CT molecular complexity index is 1560. The van der Waals surface area contributed by atoms with Crippen molar-refractivity contribution in [2.75, 3.05) is 105 Å². The molecule has 73 heavy (non-hydrogen) atoms. The molecule has 0 saturated heterocycles. The van der Waals surface area contributed by atoms with Crippen molar-refractivity contribution >= 4 is 53.2 Å². The SMILES string of the molecule is CCN(CC(=O)NCCN(CC(=O)NCCN(CC(=O)NCCN(CC(=O)NCCCCCCCCCCC(N)=O)C(=O)CCCCCN)C(=O)CCCCCN)C(=O)CCCCCN)C(=O)CCCCCN. The van der Waals surface area contributed by atoms with E-state index in [1.54, 1.807) is 6.92 Å². The minimum atomic E-state index is -0.489. The van der Waals surface area contributed by atoms with Crippen LogP contribution in [0.25, 0.3) is 0 Å². The molecule has 9 amide bonds. The van der Waals surface area contributed by atoms with E-state index < -0.39 is 11.8 Å². The van der Waals surface area contributed by atoms with Crippen LogP contribution in [0, 0.1) is 0 Å². The molecule has 22 nitrogen and oxygen atoms in total. The molecule has 0 bridgehead atoms. The van der Waals surface area contributed by atoms with Gasteiger partial charge in [0.15, 0.2) is 0 Å². The second-order valence-corrected chi connectivity index (χ2v) is 18.7. The monoisotopic (exact) mass is 1040 g/mol. The zero-order chi connectivity index (χ0) is 54.3. The lowest BCUT2D eigenvalue weighted by molar-refractivity contribution is -0.137. The summed E-state index contributed by atoms with van der Waals surface area (Å²) < 4.78 is 0. The standard InChI is InChI=1S/C51H99N13O9/c1-2-61(48(70)24-14-9-18-28-52)39-44(66)58-33-36-63(50(72)26-16-11-20-30-54)41-46(68)60-35-38-64(51(73)27-17-12-21-31-55)42-47(69)59-34-37-62(49(71)25-15-10-19-29-53)40-45(67)57-32-22-8-6-4-3-5-7-13-23-43(56)65/h2-42,52-55H2,1H3,(H2,56,65)(H,57,67)(H,58,66)(H,59,69)(H,60,68). The highest BCUT2D eigenvalue weighted by atomic mass is 16.2. The molecule has 0 aromatic carbocycles. The summed E-state index contributed by atoms with van der Waals surface area (Å²) in [6.07, 6.45) is 17.8. The van der Waals surface area contributed by atoms with Crippen molar-refractivity contribution in [2.24, 2.45) is 28.7 Å². The number of unbranched alkanes of at least 4 members (excludes halogenated alkanes) is 15. The lowest BCUT2D eigenvalue weighted by atomic mass is 10.1. The Kier molecular flexibility index (Phi) is 43.7. The van der Waals surface area contributed by atoms with Gasteiger partial charge in [0.25, 0.3) is 0 Å². The van der Waals surface area contributed by atoms with Crippen LogP contribution in [0.1, 0.15) is 167 Å². The van der Waals surface area contributed by atoms with Crippen molar-refractivity contribution in [1.82, 2.24) is 40.9 Å². The summed E-state index contributed by atoms with van der Waals surface area (Å²) in [5.41, 5.74) is 27.6. The Morgan fingerprint density at radius 2 is 0.562 bits per heavy atom. The van der Waals surface area contributed by atoms with E-state index in [1.165, 1.54) is 19.6 Å². The first-order chi connectivity index (χ1) is 35.2. The number of rotatable bonds is 49. The van der Waals surface area contributed by atoms with E-state index in [0.29, 0.717) is 77.8 Å². The van der Waals surface area contributed by atoms with Crippen LogP contribution in [0.4, 0.5) is 0 Å². The lowest BCUT2D eigenvalue weighted by Crippen LogP contribution is -2.48. The number of primary amides is 1. The van der Waals surface area contributed by atoms with E-state index >= 15 is 0 Å². The Labute approximate surface area is 436 Å². The molecule has 0 aliphatic carbocycles. The molecule has 0 fully saturated rings. The molecular weight excluding hydrogens is 939 g/mol. The van der Waals surface area contributed by atoms with Gasteiger partial charge in [-0.15, -0.1) is 0 Å². The number of hydrogen-bond donors (Lipinski definition) is 9. The van der Waals surface area contributed by atoms with Crippen molar-refractivity contribution in [1.29, 1.82) is 0 Å². The fourth-order valence-corrected chi connectivity index (χ4v) is 7.89. The Morgan fingerprint density at radius 3 is 0.863 bits per heavy atom. The molecular formula is C51H99N13O9. The summed E-state index contributed by atoms with van der Waals surface area (Å²) in [5, 5.41) is 11.2. The summed E-state index contributed by atoms with van der Waals surface area (Å²) in [6, 6.07) is 0. The number of likely N-dealkylation sites (N-methyl/N-ethyl adjacent to an activating group) is 1. The molecule has 0 rings (SSSR count). The van der Waals surface area contributed by atoms with Gasteiger partial charge >= 0.3 is 0 Å². The van der Waals surface area contributed by atoms with Crippen LogP contribution in [0.2, 0.25) is 0 Å². The molecule has 0 unspecified atom stereocenters. The lowest BCUT2D eigenvalue weighted by Gasteiger charge is -2.25. The van der Waals surface area contributed by atoms with Gasteiger partial charge in [-0.3, -0.25) is 43.2 Å². The number of carbonyl (C=O) groups is 9. The molecule has 14 N–H and O–H groups in total. The van der Waals surface area contributed by atoms with Gasteiger partial charge in [-0.2, -0.15) is 0 Å². The van der Waals surface area contributed by atoms with E-state index in [9.17, 15) is 43.2 Å². The largest absolute Gasteiger partial charge is 0.370 e. The van der Waals surface area contributed by atoms with Crippen molar-refractivity contribution in [2.45, 2.75) is 167 Å². The summed E-state index contributed by atoms with van der Waals surface area (Å²) in [6.45, 7) is 4.03. The number of nitrogens with zero attached hydrogens (tertiary/aromatic N) is 4. The van der Waals surface area contributed by atoms with Gasteiger partial charge in [0.2, 0.25) is 53.2 Å². The average Bonchev–Trinajstić information content (AvgIpc) is 3.36. The predicted molar refractivity (Wildman–Crippen MR) is 285 cm³/mol. The second kappa shape index (κ2) is 46.8. The third-order valence-corrected chi connectivity index (χ3v) is 12.3. The van der Waals surface area contributed by atoms with Gasteiger partial charge in [0.1, 0.15) is 0 Å².